The first kappa shape index (κ1) is 20.7. The van der Waals surface area contributed by atoms with Crippen LogP contribution in [0.3, 0.4) is 0 Å². The fourth-order valence-electron chi connectivity index (χ4n) is 0.493. The van der Waals surface area contributed by atoms with Gasteiger partial charge in [-0.2, -0.15) is 8.42 Å². The Morgan fingerprint density at radius 1 is 1.33 bits per heavy atom. The molecule has 0 unspecified atom stereocenters. The third-order valence-electron chi connectivity index (χ3n) is 0.933. The van der Waals surface area contributed by atoms with Crippen molar-refractivity contribution in [2.24, 2.45) is 0 Å². The van der Waals surface area contributed by atoms with E-state index >= 15 is 0 Å². The molecule has 0 aliphatic carbocycles. The molecular weight excluding hydrogens is 227 g/mol. The molecule has 0 saturated heterocycles. The molecule has 86 valence electrons. The molecule has 0 aliphatic rings. The molecular formula is C9H19NaO4S. The predicted molar refractivity (Wildman–Crippen MR) is 59.0 cm³/mol. The van der Waals surface area contributed by atoms with E-state index in [0.29, 0.717) is 19.6 Å². The van der Waals surface area contributed by atoms with Crippen molar-refractivity contribution in [1.82, 2.24) is 0 Å². The quantitative estimate of drug-likeness (QED) is 0.276. The SMILES string of the molecule is C=CCOCC=C.CCCS(=O)(=O)O.[H-].[Na+]. The van der Waals surface area contributed by atoms with Crippen molar-refractivity contribution in [3.05, 3.63) is 25.3 Å². The Morgan fingerprint density at radius 3 is 1.87 bits per heavy atom. The summed E-state index contributed by atoms with van der Waals surface area (Å²) in [6.45, 7) is 9.87. The van der Waals surface area contributed by atoms with Crippen molar-refractivity contribution in [3.63, 3.8) is 0 Å². The van der Waals surface area contributed by atoms with Crippen LogP contribution in [0, 0.1) is 0 Å². The number of ether oxygens (including phenoxy) is 1. The summed E-state index contributed by atoms with van der Waals surface area (Å²) in [7, 11) is -3.67. The summed E-state index contributed by atoms with van der Waals surface area (Å²) >= 11 is 0. The summed E-state index contributed by atoms with van der Waals surface area (Å²) in [5.41, 5.74) is 0. The van der Waals surface area contributed by atoms with Gasteiger partial charge in [0.15, 0.2) is 0 Å². The molecule has 0 aliphatic heterocycles. The van der Waals surface area contributed by atoms with Crippen LogP contribution in [0.1, 0.15) is 14.8 Å². The van der Waals surface area contributed by atoms with E-state index in [4.69, 9.17) is 9.29 Å². The normalized spacial score (nSPS) is 9.20. The maximum absolute atomic E-state index is 9.79. The molecule has 0 radical (unpaired) electrons. The minimum Gasteiger partial charge on any atom is -1.00 e. The van der Waals surface area contributed by atoms with E-state index in [1.165, 1.54) is 0 Å². The molecule has 4 nitrogen and oxygen atoms in total. The van der Waals surface area contributed by atoms with Crippen molar-refractivity contribution in [1.29, 1.82) is 0 Å². The minimum atomic E-state index is -3.67. The van der Waals surface area contributed by atoms with Crippen molar-refractivity contribution in [3.8, 4) is 0 Å². The molecule has 0 bridgehead atoms. The summed E-state index contributed by atoms with van der Waals surface area (Å²) in [5, 5.41) is 0. The van der Waals surface area contributed by atoms with Gasteiger partial charge in [0.25, 0.3) is 10.1 Å². The number of hydrogen-bond donors (Lipinski definition) is 1. The molecule has 1 N–H and O–H groups in total. The Bertz CT molecular complexity index is 234. The van der Waals surface area contributed by atoms with E-state index in [1.807, 2.05) is 0 Å². The molecule has 0 fully saturated rings. The Labute approximate surface area is 116 Å². The van der Waals surface area contributed by atoms with Crippen LogP contribution >= 0.6 is 0 Å². The van der Waals surface area contributed by atoms with E-state index in [1.54, 1.807) is 19.1 Å². The zero-order chi connectivity index (χ0) is 11.4. The molecule has 15 heavy (non-hydrogen) atoms. The maximum atomic E-state index is 9.79. The zero-order valence-corrected chi connectivity index (χ0v) is 12.3. The van der Waals surface area contributed by atoms with E-state index in [0.717, 1.165) is 0 Å². The number of hydrogen-bond acceptors (Lipinski definition) is 3. The fraction of sp³-hybridized carbons (Fsp3) is 0.556. The second kappa shape index (κ2) is 14.3. The van der Waals surface area contributed by atoms with Crippen LogP contribution in [-0.2, 0) is 14.9 Å². The molecule has 0 spiro atoms. The van der Waals surface area contributed by atoms with Crippen LogP contribution in [0.15, 0.2) is 25.3 Å². The van der Waals surface area contributed by atoms with E-state index < -0.39 is 10.1 Å². The van der Waals surface area contributed by atoms with Crippen LogP contribution in [0.4, 0.5) is 0 Å². The second-order valence-electron chi connectivity index (χ2n) is 2.40. The Hall–Kier alpha value is 0.350. The predicted octanol–water partition coefficient (Wildman–Crippen LogP) is -1.22. The van der Waals surface area contributed by atoms with Gasteiger partial charge in [-0.3, -0.25) is 4.55 Å². The summed E-state index contributed by atoms with van der Waals surface area (Å²) in [5.74, 6) is -0.132. The average Bonchev–Trinajstić information content (AvgIpc) is 2.04. The monoisotopic (exact) mass is 246 g/mol. The Kier molecular flexibility index (Phi) is 19.8. The van der Waals surface area contributed by atoms with Crippen LogP contribution in [0.25, 0.3) is 0 Å². The zero-order valence-electron chi connectivity index (χ0n) is 10.5. The van der Waals surface area contributed by atoms with Crippen LogP contribution in [0.2, 0.25) is 0 Å². The number of rotatable bonds is 6. The van der Waals surface area contributed by atoms with Gasteiger partial charge in [0.05, 0.1) is 19.0 Å². The molecule has 0 aromatic rings. The van der Waals surface area contributed by atoms with Crippen LogP contribution in [0.5, 0.6) is 0 Å². The average molecular weight is 246 g/mol. The van der Waals surface area contributed by atoms with Crippen LogP contribution in [-0.4, -0.2) is 31.9 Å². The van der Waals surface area contributed by atoms with E-state index in [2.05, 4.69) is 13.2 Å². The molecule has 0 atom stereocenters. The van der Waals surface area contributed by atoms with Crippen molar-refractivity contribution in [2.45, 2.75) is 13.3 Å². The standard InChI is InChI=1S/C6H10O.C3H8O3S.Na.H/c1-3-5-7-6-4-2;1-2-3-7(4,5)6;;/h3-4H,1-2,5-6H2;2-3H2,1H3,(H,4,5,6);;/q;;+1;-1. The molecule has 6 heteroatoms. The van der Waals surface area contributed by atoms with Gasteiger partial charge in [-0.05, 0) is 6.42 Å². The Morgan fingerprint density at radius 2 is 1.73 bits per heavy atom. The van der Waals surface area contributed by atoms with Crippen molar-refractivity contribution < 1.29 is 48.7 Å². The first-order chi connectivity index (χ1) is 6.47. The van der Waals surface area contributed by atoms with Crippen molar-refractivity contribution in [2.75, 3.05) is 19.0 Å². The molecule has 0 heterocycles. The molecule has 0 aromatic heterocycles. The third kappa shape index (κ3) is 31.4. The topological polar surface area (TPSA) is 63.6 Å². The van der Waals surface area contributed by atoms with E-state index in [9.17, 15) is 8.42 Å². The molecule has 0 amide bonds. The second-order valence-corrected chi connectivity index (χ2v) is 3.97. The summed E-state index contributed by atoms with van der Waals surface area (Å²) in [4.78, 5) is 0. The first-order valence-electron chi connectivity index (χ1n) is 4.22. The van der Waals surface area contributed by atoms with Gasteiger partial charge in [-0.15, -0.1) is 13.2 Å². The first-order valence-corrected chi connectivity index (χ1v) is 5.83. The summed E-state index contributed by atoms with van der Waals surface area (Å²) in [6.07, 6.45) is 3.89. The van der Waals surface area contributed by atoms with Gasteiger partial charge in [-0.1, -0.05) is 19.1 Å². The fourth-order valence-corrected chi connectivity index (χ4v) is 1.01. The smallest absolute Gasteiger partial charge is 1.00 e. The van der Waals surface area contributed by atoms with Crippen molar-refractivity contribution >= 4 is 10.1 Å². The van der Waals surface area contributed by atoms with Gasteiger partial charge in [0.2, 0.25) is 0 Å². The minimum absolute atomic E-state index is 0. The molecule has 0 saturated carbocycles. The molecule has 0 aromatic carbocycles. The van der Waals surface area contributed by atoms with Gasteiger partial charge >= 0.3 is 29.6 Å². The largest absolute Gasteiger partial charge is 1.00 e. The Balaban J connectivity index is -0.0000000800. The van der Waals surface area contributed by atoms with Gasteiger partial charge in [0.1, 0.15) is 0 Å². The van der Waals surface area contributed by atoms with Gasteiger partial charge in [0, 0.05) is 0 Å². The van der Waals surface area contributed by atoms with Gasteiger partial charge in [-0.25, -0.2) is 0 Å². The molecule has 0 rings (SSSR count). The van der Waals surface area contributed by atoms with E-state index in [-0.39, 0.29) is 36.7 Å². The summed E-state index contributed by atoms with van der Waals surface area (Å²) < 4.78 is 32.5. The third-order valence-corrected chi connectivity index (χ3v) is 1.86. The summed E-state index contributed by atoms with van der Waals surface area (Å²) in [6, 6.07) is 0. The maximum Gasteiger partial charge on any atom is 1.00 e. The van der Waals surface area contributed by atoms with Crippen LogP contribution < -0.4 is 29.6 Å². The van der Waals surface area contributed by atoms with Gasteiger partial charge < -0.3 is 6.16 Å².